The summed E-state index contributed by atoms with van der Waals surface area (Å²) in [6.07, 6.45) is 6.16. The van der Waals surface area contributed by atoms with Crippen LogP contribution in [0.4, 0.5) is 10.6 Å². The number of carbonyl (C=O) groups is 3. The van der Waals surface area contributed by atoms with Gasteiger partial charge in [-0.1, -0.05) is 48.5 Å². The number of benzene rings is 2. The Morgan fingerprint density at radius 2 is 1.79 bits per heavy atom. The molecule has 0 bridgehead atoms. The number of carbonyl (C=O) groups excluding carboxylic acids is 3. The van der Waals surface area contributed by atoms with Crippen LogP contribution in [-0.4, -0.2) is 72.7 Å². The predicted octanol–water partition coefficient (Wildman–Crippen LogP) is 5.42. The lowest BCUT2D eigenvalue weighted by atomic mass is 10.0. The topological polar surface area (TPSA) is 146 Å². The van der Waals surface area contributed by atoms with Gasteiger partial charge in [0.1, 0.15) is 12.4 Å². The quantitative estimate of drug-likeness (QED) is 0.196. The van der Waals surface area contributed by atoms with E-state index in [4.69, 9.17) is 14.5 Å². The van der Waals surface area contributed by atoms with Crippen molar-refractivity contribution in [3.63, 3.8) is 0 Å². The fraction of sp³-hybridized carbons (Fsp3) is 0.432. The lowest BCUT2D eigenvalue weighted by molar-refractivity contribution is -0.132. The Bertz CT molecular complexity index is 1570. The minimum atomic E-state index is -0.513. The van der Waals surface area contributed by atoms with Crippen molar-refractivity contribution in [2.24, 2.45) is 0 Å². The van der Waals surface area contributed by atoms with Gasteiger partial charge in [0.2, 0.25) is 5.91 Å². The van der Waals surface area contributed by atoms with Gasteiger partial charge in [0.15, 0.2) is 0 Å². The van der Waals surface area contributed by atoms with Crippen molar-refractivity contribution in [2.75, 3.05) is 38.1 Å². The SMILES string of the molecule is N#Cc1ccccc1-c1ccc(C(=O)NCC2CCCN2C(=O)CCCNC(=O)OCc2ccccc2)c(NCC[C@H]2CCCCO2)n1. The number of rotatable bonds is 14. The van der Waals surface area contributed by atoms with Gasteiger partial charge in [-0.15, -0.1) is 0 Å². The third kappa shape index (κ3) is 9.78. The number of likely N-dealkylation sites (tertiary alicyclic amines) is 1. The Morgan fingerprint density at radius 3 is 2.60 bits per heavy atom. The lowest BCUT2D eigenvalue weighted by Gasteiger charge is -2.25. The molecule has 2 aliphatic rings. The molecule has 48 heavy (non-hydrogen) atoms. The van der Waals surface area contributed by atoms with Gasteiger partial charge in [0.05, 0.1) is 29.0 Å². The summed E-state index contributed by atoms with van der Waals surface area (Å²) in [5.41, 5.74) is 3.12. The van der Waals surface area contributed by atoms with Gasteiger partial charge in [-0.2, -0.15) is 5.26 Å². The smallest absolute Gasteiger partial charge is 0.407 e. The van der Waals surface area contributed by atoms with Crippen molar-refractivity contribution in [3.8, 4) is 17.3 Å². The molecule has 0 spiro atoms. The first-order valence-corrected chi connectivity index (χ1v) is 16.9. The highest BCUT2D eigenvalue weighted by atomic mass is 16.5. The molecule has 3 amide bonds. The number of ether oxygens (including phenoxy) is 2. The molecule has 2 saturated heterocycles. The molecule has 2 fully saturated rings. The lowest BCUT2D eigenvalue weighted by Crippen LogP contribution is -2.43. The largest absolute Gasteiger partial charge is 0.445 e. The third-order valence-electron chi connectivity index (χ3n) is 8.74. The molecule has 1 aromatic heterocycles. The predicted molar refractivity (Wildman–Crippen MR) is 182 cm³/mol. The minimum Gasteiger partial charge on any atom is -0.445 e. The second kappa shape index (κ2) is 17.8. The maximum absolute atomic E-state index is 13.5. The molecule has 11 heteroatoms. The molecule has 0 aliphatic carbocycles. The van der Waals surface area contributed by atoms with Crippen LogP contribution >= 0.6 is 0 Å². The highest BCUT2D eigenvalue weighted by molar-refractivity contribution is 5.99. The molecule has 2 atom stereocenters. The Labute approximate surface area is 282 Å². The molecule has 5 rings (SSSR count). The summed E-state index contributed by atoms with van der Waals surface area (Å²) in [5, 5.41) is 18.7. The summed E-state index contributed by atoms with van der Waals surface area (Å²) in [5.74, 6) is 0.167. The van der Waals surface area contributed by atoms with Gasteiger partial charge in [-0.05, 0) is 68.7 Å². The van der Waals surface area contributed by atoms with Crippen LogP contribution in [0, 0.1) is 11.3 Å². The molecule has 2 aliphatic heterocycles. The molecule has 252 valence electrons. The Hall–Kier alpha value is -4.95. The summed E-state index contributed by atoms with van der Waals surface area (Å²) in [4.78, 5) is 45.2. The van der Waals surface area contributed by atoms with E-state index in [-0.39, 0.29) is 37.0 Å². The molecular formula is C37H44N6O5. The van der Waals surface area contributed by atoms with Crippen LogP contribution in [0.2, 0.25) is 0 Å². The van der Waals surface area contributed by atoms with Crippen molar-refractivity contribution >= 4 is 23.7 Å². The fourth-order valence-electron chi connectivity index (χ4n) is 6.15. The van der Waals surface area contributed by atoms with E-state index in [1.807, 2.05) is 53.4 Å². The van der Waals surface area contributed by atoms with Crippen molar-refractivity contribution < 1.29 is 23.9 Å². The van der Waals surface area contributed by atoms with Gasteiger partial charge in [0, 0.05) is 50.8 Å². The molecular weight excluding hydrogens is 608 g/mol. The first-order chi connectivity index (χ1) is 23.5. The number of pyridine rings is 1. The third-order valence-corrected chi connectivity index (χ3v) is 8.74. The van der Waals surface area contributed by atoms with E-state index in [0.29, 0.717) is 60.8 Å². The van der Waals surface area contributed by atoms with Crippen LogP contribution in [0.1, 0.15) is 72.9 Å². The van der Waals surface area contributed by atoms with E-state index < -0.39 is 6.09 Å². The van der Waals surface area contributed by atoms with Gasteiger partial charge >= 0.3 is 6.09 Å². The summed E-state index contributed by atoms with van der Waals surface area (Å²) < 4.78 is 11.1. The number of nitrogens with zero attached hydrogens (tertiary/aromatic N) is 3. The highest BCUT2D eigenvalue weighted by Crippen LogP contribution is 2.26. The maximum atomic E-state index is 13.5. The van der Waals surface area contributed by atoms with E-state index in [1.165, 1.54) is 0 Å². The fourth-order valence-corrected chi connectivity index (χ4v) is 6.15. The first kappa shape index (κ1) is 34.4. The van der Waals surface area contributed by atoms with E-state index in [9.17, 15) is 19.6 Å². The molecule has 3 aromatic rings. The van der Waals surface area contributed by atoms with E-state index in [0.717, 1.165) is 50.7 Å². The second-order valence-corrected chi connectivity index (χ2v) is 12.1. The second-order valence-electron chi connectivity index (χ2n) is 12.1. The van der Waals surface area contributed by atoms with Crippen LogP contribution < -0.4 is 16.0 Å². The van der Waals surface area contributed by atoms with Gasteiger partial charge in [-0.3, -0.25) is 9.59 Å². The number of amides is 3. The number of hydrogen-bond acceptors (Lipinski definition) is 8. The zero-order chi connectivity index (χ0) is 33.6. The normalized spacial score (nSPS) is 17.3. The molecule has 11 nitrogen and oxygen atoms in total. The van der Waals surface area contributed by atoms with Crippen LogP contribution in [0.3, 0.4) is 0 Å². The minimum absolute atomic E-state index is 0.000618. The summed E-state index contributed by atoms with van der Waals surface area (Å²) >= 11 is 0. The van der Waals surface area contributed by atoms with Crippen LogP contribution in [-0.2, 0) is 20.9 Å². The van der Waals surface area contributed by atoms with Crippen molar-refractivity contribution in [3.05, 3.63) is 83.4 Å². The maximum Gasteiger partial charge on any atom is 0.407 e. The molecule has 3 heterocycles. The Kier molecular flexibility index (Phi) is 12.8. The first-order valence-electron chi connectivity index (χ1n) is 16.9. The number of anilines is 1. The number of hydrogen-bond donors (Lipinski definition) is 3. The molecule has 2 aromatic carbocycles. The van der Waals surface area contributed by atoms with E-state index in [2.05, 4.69) is 22.0 Å². The molecule has 1 unspecified atom stereocenters. The standard InChI is InChI=1S/C37H44N6O5/c38-24-28-12-4-5-15-31(28)33-18-17-32(35(42-33)39-21-19-30-14-6-7-23-47-30)36(45)41-25-29-13-9-22-43(29)34(44)16-8-20-40-37(46)48-26-27-10-2-1-3-11-27/h1-5,10-12,15,17-18,29-30H,6-9,13-14,16,19-23,25-26H2,(H,39,42)(H,40,46)(H,41,45)/t29?,30-/m1/s1. The summed E-state index contributed by atoms with van der Waals surface area (Å²) in [6.45, 7) is 2.85. The monoisotopic (exact) mass is 652 g/mol. The van der Waals surface area contributed by atoms with Gasteiger partial charge < -0.3 is 30.3 Å². The van der Waals surface area contributed by atoms with Crippen LogP contribution in [0.5, 0.6) is 0 Å². The number of nitriles is 1. The van der Waals surface area contributed by atoms with Gasteiger partial charge in [0.25, 0.3) is 5.91 Å². The van der Waals surface area contributed by atoms with Crippen molar-refractivity contribution in [1.29, 1.82) is 5.26 Å². The van der Waals surface area contributed by atoms with E-state index in [1.54, 1.807) is 18.2 Å². The molecule has 0 radical (unpaired) electrons. The molecule has 3 N–H and O–H groups in total. The summed E-state index contributed by atoms with van der Waals surface area (Å²) in [6, 6.07) is 22.3. The highest BCUT2D eigenvalue weighted by Gasteiger charge is 2.29. The van der Waals surface area contributed by atoms with Crippen molar-refractivity contribution in [1.82, 2.24) is 20.5 Å². The number of nitrogens with one attached hydrogen (secondary N) is 3. The average Bonchev–Trinajstić information content (AvgIpc) is 3.61. The number of aromatic nitrogens is 1. The Balaban J connectivity index is 1.13. The molecule has 0 saturated carbocycles. The summed E-state index contributed by atoms with van der Waals surface area (Å²) in [7, 11) is 0. The van der Waals surface area contributed by atoms with Crippen LogP contribution in [0.25, 0.3) is 11.3 Å². The Morgan fingerprint density at radius 1 is 0.958 bits per heavy atom. The van der Waals surface area contributed by atoms with E-state index >= 15 is 0 Å². The van der Waals surface area contributed by atoms with Crippen LogP contribution in [0.15, 0.2) is 66.7 Å². The number of alkyl carbamates (subject to hydrolysis) is 1. The zero-order valence-corrected chi connectivity index (χ0v) is 27.3. The average molecular weight is 653 g/mol. The van der Waals surface area contributed by atoms with Crippen molar-refractivity contribution in [2.45, 2.75) is 70.1 Å². The van der Waals surface area contributed by atoms with Gasteiger partial charge in [-0.25, -0.2) is 9.78 Å². The zero-order valence-electron chi connectivity index (χ0n) is 27.3.